The number of alkyl halides is 1. The molecule has 0 spiro atoms. The van der Waals surface area contributed by atoms with Crippen LogP contribution in [0.25, 0.3) is 22.5 Å². The van der Waals surface area contributed by atoms with E-state index in [2.05, 4.69) is 29.1 Å². The molecular formula is C36H45FN6O3. The molecule has 4 aliphatic rings. The van der Waals surface area contributed by atoms with E-state index < -0.39 is 5.67 Å². The fourth-order valence-electron chi connectivity index (χ4n) is 8.23. The van der Waals surface area contributed by atoms with Gasteiger partial charge in [-0.15, -0.1) is 0 Å². The normalized spacial score (nSPS) is 21.7. The Balaban J connectivity index is 0.000000147. The quantitative estimate of drug-likeness (QED) is 0.216. The summed E-state index contributed by atoms with van der Waals surface area (Å²) in [5, 5.41) is 10.8. The first kappa shape index (κ1) is 30.8. The number of ether oxygens (including phenoxy) is 2. The van der Waals surface area contributed by atoms with E-state index in [4.69, 9.17) is 9.47 Å². The SMILES string of the molecule is COc1cc2c(cn1)-c1cncn1C2CC(O)C1CCCCC1.COc1cc2c(cn1)-c1cncn1C2CCC1(F)CCCCC1. The first-order chi connectivity index (χ1) is 22.5. The monoisotopic (exact) mass is 628 g/mol. The molecule has 1 N–H and O–H groups in total. The summed E-state index contributed by atoms with van der Waals surface area (Å²) < 4.78 is 29.9. The van der Waals surface area contributed by atoms with Crippen molar-refractivity contribution in [1.29, 1.82) is 0 Å². The minimum Gasteiger partial charge on any atom is -0.481 e. The maximum absolute atomic E-state index is 15.0. The predicted molar refractivity (Wildman–Crippen MR) is 174 cm³/mol. The van der Waals surface area contributed by atoms with Gasteiger partial charge in [-0.1, -0.05) is 38.5 Å². The second-order valence-corrected chi connectivity index (χ2v) is 13.5. The van der Waals surface area contributed by atoms with Crippen LogP contribution in [0.4, 0.5) is 4.39 Å². The number of methoxy groups -OCH3 is 2. The van der Waals surface area contributed by atoms with Crippen molar-refractivity contribution >= 4 is 0 Å². The average molecular weight is 629 g/mol. The molecule has 2 aliphatic heterocycles. The van der Waals surface area contributed by atoms with Gasteiger partial charge in [0.2, 0.25) is 11.8 Å². The molecule has 0 aromatic carbocycles. The lowest BCUT2D eigenvalue weighted by molar-refractivity contribution is 0.0686. The molecule has 10 heteroatoms. The van der Waals surface area contributed by atoms with E-state index in [1.54, 1.807) is 14.2 Å². The second kappa shape index (κ2) is 13.1. The van der Waals surface area contributed by atoms with Crippen LogP contribution in [0, 0.1) is 5.92 Å². The number of imidazole rings is 2. The van der Waals surface area contributed by atoms with Gasteiger partial charge in [0.15, 0.2) is 0 Å². The molecule has 0 amide bonds. The Hall–Kier alpha value is -3.79. The molecule has 244 valence electrons. The fraction of sp³-hybridized carbons (Fsp3) is 0.556. The molecule has 4 aromatic rings. The topological polar surface area (TPSA) is 100 Å². The van der Waals surface area contributed by atoms with E-state index in [1.165, 1.54) is 36.8 Å². The van der Waals surface area contributed by atoms with Gasteiger partial charge in [0, 0.05) is 35.7 Å². The Kier molecular flexibility index (Phi) is 8.81. The Morgan fingerprint density at radius 1 is 0.804 bits per heavy atom. The van der Waals surface area contributed by atoms with Crippen LogP contribution in [-0.4, -0.2) is 60.2 Å². The minimum absolute atomic E-state index is 0.122. The van der Waals surface area contributed by atoms with Crippen LogP contribution in [0.5, 0.6) is 11.8 Å². The first-order valence-electron chi connectivity index (χ1n) is 17.0. The molecule has 0 bridgehead atoms. The fourth-order valence-corrected chi connectivity index (χ4v) is 8.23. The van der Waals surface area contributed by atoms with Crippen LogP contribution in [-0.2, 0) is 0 Å². The summed E-state index contributed by atoms with van der Waals surface area (Å²) >= 11 is 0. The summed E-state index contributed by atoms with van der Waals surface area (Å²) in [6.07, 6.45) is 23.7. The zero-order valence-electron chi connectivity index (χ0n) is 26.9. The molecule has 2 fully saturated rings. The summed E-state index contributed by atoms with van der Waals surface area (Å²) in [6.45, 7) is 0. The third-order valence-corrected chi connectivity index (χ3v) is 10.8. The molecule has 9 nitrogen and oxygen atoms in total. The first-order valence-corrected chi connectivity index (χ1v) is 17.0. The lowest BCUT2D eigenvalue weighted by Crippen LogP contribution is -2.27. The molecule has 4 aromatic heterocycles. The van der Waals surface area contributed by atoms with Crippen LogP contribution in [0.15, 0.2) is 49.6 Å². The Morgan fingerprint density at radius 3 is 1.93 bits per heavy atom. The average Bonchev–Trinajstić information content (AvgIpc) is 3.88. The maximum atomic E-state index is 15.0. The number of hydrogen-bond donors (Lipinski definition) is 1. The van der Waals surface area contributed by atoms with Gasteiger partial charge in [0.25, 0.3) is 0 Å². The van der Waals surface area contributed by atoms with Crippen LogP contribution >= 0.6 is 0 Å². The number of aromatic nitrogens is 6. The summed E-state index contributed by atoms with van der Waals surface area (Å²) in [7, 11) is 3.26. The highest BCUT2D eigenvalue weighted by molar-refractivity contribution is 5.69. The van der Waals surface area contributed by atoms with E-state index in [0.717, 1.165) is 61.0 Å². The Morgan fingerprint density at radius 2 is 1.35 bits per heavy atom. The van der Waals surface area contributed by atoms with Gasteiger partial charge in [-0.2, -0.15) is 0 Å². The Labute approximate surface area is 270 Å². The van der Waals surface area contributed by atoms with Gasteiger partial charge in [-0.3, -0.25) is 0 Å². The van der Waals surface area contributed by atoms with Gasteiger partial charge in [-0.05, 0) is 62.0 Å². The van der Waals surface area contributed by atoms with Crippen LogP contribution in [0.3, 0.4) is 0 Å². The molecule has 0 saturated heterocycles. The summed E-state index contributed by atoms with van der Waals surface area (Å²) in [4.78, 5) is 17.2. The highest BCUT2D eigenvalue weighted by Gasteiger charge is 2.36. The standard InChI is InChI=1S/C18H22FN3O.C18H23N3O2/c1-23-17-9-13-14(10-21-17)16-11-20-12-22(16)15(13)5-8-18(19)6-3-2-4-7-18;1-23-18-7-13-14(9-20-18)16-10-19-11-21(16)15(13)8-17(22)12-5-3-2-4-6-12/h9-12,15H,2-8H2,1H3;7,9-12,15,17,22H,2-6,8H2,1H3. The molecule has 46 heavy (non-hydrogen) atoms. The minimum atomic E-state index is -0.987. The van der Waals surface area contributed by atoms with E-state index in [0.29, 0.717) is 36.9 Å². The highest BCUT2D eigenvalue weighted by atomic mass is 19.1. The number of aliphatic hydroxyl groups excluding tert-OH is 1. The number of hydrogen-bond acceptors (Lipinski definition) is 7. The van der Waals surface area contributed by atoms with Crippen molar-refractivity contribution in [2.75, 3.05) is 14.2 Å². The molecule has 3 atom stereocenters. The second-order valence-electron chi connectivity index (χ2n) is 13.5. The van der Waals surface area contributed by atoms with Gasteiger partial charge in [-0.25, -0.2) is 24.3 Å². The van der Waals surface area contributed by atoms with E-state index >= 15 is 0 Å². The third kappa shape index (κ3) is 5.92. The van der Waals surface area contributed by atoms with Crippen molar-refractivity contribution < 1.29 is 19.0 Å². The number of rotatable bonds is 8. The van der Waals surface area contributed by atoms with Gasteiger partial charge in [0.05, 0.1) is 68.8 Å². The molecule has 0 radical (unpaired) electrons. The summed E-state index contributed by atoms with van der Waals surface area (Å²) in [6, 6.07) is 4.24. The van der Waals surface area contributed by atoms with Crippen LogP contribution in [0.1, 0.15) is 107 Å². The number of halogens is 1. The molecule has 8 rings (SSSR count). The summed E-state index contributed by atoms with van der Waals surface area (Å²) in [5.41, 5.74) is 5.71. The van der Waals surface area contributed by atoms with Crippen molar-refractivity contribution in [3.8, 4) is 34.3 Å². The number of fused-ring (bicyclic) bond motifs is 6. The van der Waals surface area contributed by atoms with Crippen LogP contribution in [0.2, 0.25) is 0 Å². The molecule has 3 unspecified atom stereocenters. The smallest absolute Gasteiger partial charge is 0.213 e. The summed E-state index contributed by atoms with van der Waals surface area (Å²) in [5.74, 6) is 1.67. The van der Waals surface area contributed by atoms with Crippen molar-refractivity contribution in [2.45, 2.75) is 107 Å². The third-order valence-electron chi connectivity index (χ3n) is 10.8. The van der Waals surface area contributed by atoms with Gasteiger partial charge >= 0.3 is 0 Å². The van der Waals surface area contributed by atoms with Crippen molar-refractivity contribution in [1.82, 2.24) is 29.1 Å². The zero-order chi connectivity index (χ0) is 31.7. The van der Waals surface area contributed by atoms with E-state index in [9.17, 15) is 9.50 Å². The molecule has 6 heterocycles. The van der Waals surface area contributed by atoms with E-state index in [-0.39, 0.29) is 18.2 Å². The Bertz CT molecular complexity index is 1640. The zero-order valence-corrected chi connectivity index (χ0v) is 26.9. The van der Waals surface area contributed by atoms with Crippen molar-refractivity contribution in [3.63, 3.8) is 0 Å². The molecule has 2 saturated carbocycles. The van der Waals surface area contributed by atoms with Crippen molar-refractivity contribution in [2.24, 2.45) is 5.92 Å². The number of pyridine rings is 2. The van der Waals surface area contributed by atoms with E-state index in [1.807, 2.05) is 49.6 Å². The lowest BCUT2D eigenvalue weighted by Gasteiger charge is -2.30. The van der Waals surface area contributed by atoms with Gasteiger partial charge < -0.3 is 23.7 Å². The molecular weight excluding hydrogens is 583 g/mol. The van der Waals surface area contributed by atoms with Crippen LogP contribution < -0.4 is 9.47 Å². The number of nitrogens with zero attached hydrogens (tertiary/aromatic N) is 6. The highest BCUT2D eigenvalue weighted by Crippen LogP contribution is 2.46. The van der Waals surface area contributed by atoms with Gasteiger partial charge in [0.1, 0.15) is 5.67 Å². The molecule has 2 aliphatic carbocycles. The largest absolute Gasteiger partial charge is 0.481 e. The van der Waals surface area contributed by atoms with Crippen molar-refractivity contribution in [3.05, 3.63) is 60.7 Å². The predicted octanol–water partition coefficient (Wildman–Crippen LogP) is 7.50. The number of aliphatic hydroxyl groups is 1. The maximum Gasteiger partial charge on any atom is 0.213 e. The lowest BCUT2D eigenvalue weighted by atomic mass is 9.82.